The molecule has 0 spiro atoms. The molecule has 5 N–H and O–H groups in total. The molecule has 5 amide bonds. The highest BCUT2D eigenvalue weighted by Gasteiger charge is 2.45. The number of aliphatic hydroxyl groups excluding tert-OH is 1. The molecule has 4 heterocycles. The Morgan fingerprint density at radius 2 is 1.44 bits per heavy atom. The van der Waals surface area contributed by atoms with Crippen molar-refractivity contribution < 1.29 is 29.4 Å². The first-order valence-electron chi connectivity index (χ1n) is 20.8. The van der Waals surface area contributed by atoms with Gasteiger partial charge in [0.2, 0.25) is 11.8 Å². The summed E-state index contributed by atoms with van der Waals surface area (Å²) in [4.78, 5) is 66.7. The molecule has 14 nitrogen and oxygen atoms in total. The molecular weight excluding hydrogens is 773 g/mol. The number of carbonyl (C=O) groups is 4. The van der Waals surface area contributed by atoms with Crippen molar-refractivity contribution in [3.8, 4) is 11.3 Å². The van der Waals surface area contributed by atoms with Crippen molar-refractivity contribution in [2.45, 2.75) is 97.6 Å². The Bertz CT molecular complexity index is 2270. The minimum Gasteiger partial charge on any atom is -0.465 e. The number of rotatable bonds is 16. The minimum atomic E-state index is -1.33. The average Bonchev–Trinajstić information content (AvgIpc) is 3.79. The summed E-state index contributed by atoms with van der Waals surface area (Å²) in [5.41, 5.74) is 2.93. The van der Waals surface area contributed by atoms with Gasteiger partial charge in [-0.1, -0.05) is 108 Å². The van der Waals surface area contributed by atoms with E-state index in [1.165, 1.54) is 0 Å². The van der Waals surface area contributed by atoms with Gasteiger partial charge in [-0.3, -0.25) is 14.6 Å². The van der Waals surface area contributed by atoms with Gasteiger partial charge in [0, 0.05) is 37.1 Å². The van der Waals surface area contributed by atoms with Crippen molar-refractivity contribution in [1.82, 2.24) is 40.1 Å². The van der Waals surface area contributed by atoms with Crippen LogP contribution in [0.5, 0.6) is 0 Å². The van der Waals surface area contributed by atoms with E-state index in [2.05, 4.69) is 25.9 Å². The summed E-state index contributed by atoms with van der Waals surface area (Å²) in [5, 5.41) is 30.4. The lowest BCUT2D eigenvalue weighted by atomic mass is 9.84. The molecule has 0 unspecified atom stereocenters. The van der Waals surface area contributed by atoms with Crippen molar-refractivity contribution in [3.05, 3.63) is 127 Å². The van der Waals surface area contributed by atoms with Gasteiger partial charge < -0.3 is 40.4 Å². The molecule has 5 aromatic rings. The summed E-state index contributed by atoms with van der Waals surface area (Å²) in [7, 11) is 0. The van der Waals surface area contributed by atoms with E-state index in [9.17, 15) is 29.4 Å². The Kier molecular flexibility index (Phi) is 13.8. The fourth-order valence-corrected chi connectivity index (χ4v) is 8.05. The highest BCUT2D eigenvalue weighted by atomic mass is 16.4. The number of fused-ring (bicyclic) bond motifs is 1. The van der Waals surface area contributed by atoms with Gasteiger partial charge in [-0.15, -0.1) is 0 Å². The largest absolute Gasteiger partial charge is 0.465 e. The molecule has 1 aliphatic heterocycles. The highest BCUT2D eigenvalue weighted by molar-refractivity contribution is 5.89. The molecule has 5 atom stereocenters. The number of carboxylic acid groups (broad SMARTS) is 1. The molecule has 1 fully saturated rings. The maximum atomic E-state index is 14.6. The summed E-state index contributed by atoms with van der Waals surface area (Å²) in [5.74, 6) is -0.223. The van der Waals surface area contributed by atoms with E-state index in [0.717, 1.165) is 27.9 Å². The van der Waals surface area contributed by atoms with E-state index < -0.39 is 59.0 Å². The molecule has 6 rings (SSSR count). The van der Waals surface area contributed by atoms with Gasteiger partial charge in [-0.25, -0.2) is 14.6 Å². The fraction of sp³-hybridized carbons (Fsp3) is 0.404. The van der Waals surface area contributed by atoms with Crippen LogP contribution < -0.4 is 16.0 Å². The number of nitrogens with one attached hydrogen (secondary N) is 3. The molecule has 2 aromatic carbocycles. The molecule has 61 heavy (non-hydrogen) atoms. The van der Waals surface area contributed by atoms with E-state index in [1.807, 2.05) is 122 Å². The van der Waals surface area contributed by atoms with E-state index in [-0.39, 0.29) is 25.4 Å². The fourth-order valence-electron chi connectivity index (χ4n) is 8.05. The average molecular weight is 831 g/mol. The standard InChI is InChI=1S/C47H58N8O6/c1-46(2,3)40(52-44(59)60)42(57)50-34(26-32-18-20-33(21-19-32)36-17-10-12-22-48-36)28-38(56)37(27-31-14-8-7-9-15-31)51-43(58)41(47(4,5)6)55-25-24-53(45(55)61)30-39-49-29-35-16-11-13-23-54(35)39/h7-23,29,34,37-38,40-41,52,56H,24-28,30H2,1-6H3,(H,50,57)(H,51,58)(H,59,60)/t34-,37-,38-,40+,41+/m0/s1. The van der Waals surface area contributed by atoms with E-state index in [0.29, 0.717) is 25.3 Å². The van der Waals surface area contributed by atoms with Crippen LogP contribution in [0, 0.1) is 10.8 Å². The Balaban J connectivity index is 1.25. The predicted octanol–water partition coefficient (Wildman–Crippen LogP) is 5.94. The topological polar surface area (TPSA) is 182 Å². The minimum absolute atomic E-state index is 0.0182. The molecular formula is C47H58N8O6. The normalized spacial score (nSPS) is 15.8. The molecule has 3 aromatic heterocycles. The SMILES string of the molecule is CC(C)(C)[C@H](NC(=O)O)C(=O)N[C@@H](Cc1ccc(-c2ccccn2)cc1)C[C@H](O)[C@H](Cc1ccccc1)NC(=O)[C@@H](N1CCN(Cc2ncc3ccccn23)C1=O)C(C)(C)C. The van der Waals surface area contributed by atoms with Crippen molar-refractivity contribution >= 4 is 29.5 Å². The third kappa shape index (κ3) is 11.3. The third-order valence-electron chi connectivity index (χ3n) is 11.1. The van der Waals surface area contributed by atoms with Gasteiger partial charge in [0.15, 0.2) is 0 Å². The van der Waals surface area contributed by atoms with Crippen LogP contribution in [0.15, 0.2) is 110 Å². The number of aromatic nitrogens is 3. The van der Waals surface area contributed by atoms with Crippen LogP contribution in [-0.4, -0.2) is 102 Å². The highest BCUT2D eigenvalue weighted by Crippen LogP contribution is 2.30. The first-order valence-corrected chi connectivity index (χ1v) is 20.8. The quantitative estimate of drug-likeness (QED) is 0.0811. The van der Waals surface area contributed by atoms with Crippen LogP contribution in [-0.2, 0) is 29.0 Å². The lowest BCUT2D eigenvalue weighted by molar-refractivity contribution is -0.131. The van der Waals surface area contributed by atoms with Gasteiger partial charge in [0.1, 0.15) is 17.9 Å². The second-order valence-corrected chi connectivity index (χ2v) is 18.0. The molecule has 0 aliphatic carbocycles. The van der Waals surface area contributed by atoms with E-state index in [4.69, 9.17) is 0 Å². The molecule has 0 saturated carbocycles. The zero-order valence-corrected chi connectivity index (χ0v) is 35.8. The number of pyridine rings is 2. The van der Waals surface area contributed by atoms with Crippen LogP contribution in [0.1, 0.15) is 64.9 Å². The van der Waals surface area contributed by atoms with Crippen molar-refractivity contribution in [3.63, 3.8) is 0 Å². The number of hydrogen-bond acceptors (Lipinski definition) is 7. The number of hydrogen-bond donors (Lipinski definition) is 5. The van der Waals surface area contributed by atoms with Crippen molar-refractivity contribution in [2.24, 2.45) is 10.8 Å². The number of imidazole rings is 1. The molecule has 1 saturated heterocycles. The Labute approximate surface area is 357 Å². The number of carbonyl (C=O) groups excluding carboxylic acids is 3. The summed E-state index contributed by atoms with van der Waals surface area (Å²) < 4.78 is 1.94. The molecule has 1 aliphatic rings. The van der Waals surface area contributed by atoms with Crippen molar-refractivity contribution in [2.75, 3.05) is 13.1 Å². The third-order valence-corrected chi connectivity index (χ3v) is 11.1. The second-order valence-electron chi connectivity index (χ2n) is 18.0. The van der Waals surface area contributed by atoms with Gasteiger partial charge in [0.25, 0.3) is 0 Å². The molecule has 322 valence electrons. The van der Waals surface area contributed by atoms with Crippen molar-refractivity contribution in [1.29, 1.82) is 0 Å². The molecule has 0 radical (unpaired) electrons. The van der Waals surface area contributed by atoms with Gasteiger partial charge >= 0.3 is 12.1 Å². The maximum absolute atomic E-state index is 14.6. The zero-order valence-electron chi connectivity index (χ0n) is 35.8. The van der Waals surface area contributed by atoms with Crippen LogP contribution in [0.3, 0.4) is 0 Å². The van der Waals surface area contributed by atoms with Crippen LogP contribution in [0.25, 0.3) is 16.8 Å². The molecule has 0 bridgehead atoms. The van der Waals surface area contributed by atoms with E-state index >= 15 is 0 Å². The number of benzene rings is 2. The van der Waals surface area contributed by atoms with Crippen LogP contribution in [0.4, 0.5) is 9.59 Å². The summed E-state index contributed by atoms with van der Waals surface area (Å²) in [6, 6.07) is 25.0. The maximum Gasteiger partial charge on any atom is 0.405 e. The number of nitrogens with zero attached hydrogens (tertiary/aromatic N) is 5. The number of amides is 5. The Morgan fingerprint density at radius 1 is 0.754 bits per heavy atom. The summed E-state index contributed by atoms with van der Waals surface area (Å²) >= 11 is 0. The Morgan fingerprint density at radius 3 is 2.10 bits per heavy atom. The second kappa shape index (κ2) is 19.0. The smallest absolute Gasteiger partial charge is 0.405 e. The number of urea groups is 1. The number of aliphatic hydroxyl groups is 1. The Hall–Kier alpha value is -6.28. The molecule has 14 heteroatoms. The van der Waals surface area contributed by atoms with Gasteiger partial charge in [-0.2, -0.15) is 0 Å². The van der Waals surface area contributed by atoms with E-state index in [1.54, 1.807) is 43.0 Å². The van der Waals surface area contributed by atoms with Gasteiger partial charge in [0.05, 0.1) is 36.1 Å². The van der Waals surface area contributed by atoms with Gasteiger partial charge in [-0.05, 0) is 65.5 Å². The monoisotopic (exact) mass is 830 g/mol. The first-order chi connectivity index (χ1) is 29.0. The summed E-state index contributed by atoms with van der Waals surface area (Å²) in [6.07, 6.45) is 3.48. The summed E-state index contributed by atoms with van der Waals surface area (Å²) in [6.45, 7) is 12.1. The lowest BCUT2D eigenvalue weighted by Gasteiger charge is -2.38. The first kappa shape index (κ1) is 44.3. The van der Waals surface area contributed by atoms with Crippen LogP contribution in [0.2, 0.25) is 0 Å². The van der Waals surface area contributed by atoms with Crippen LogP contribution >= 0.6 is 0 Å². The lowest BCUT2D eigenvalue weighted by Crippen LogP contribution is -2.59. The predicted molar refractivity (Wildman–Crippen MR) is 233 cm³/mol. The zero-order chi connectivity index (χ0) is 43.9.